The van der Waals surface area contributed by atoms with Crippen LogP contribution in [0.25, 0.3) is 0 Å². The summed E-state index contributed by atoms with van der Waals surface area (Å²) in [4.78, 5) is 6.97. The Bertz CT molecular complexity index is 253. The van der Waals surface area contributed by atoms with E-state index >= 15 is 0 Å². The van der Waals surface area contributed by atoms with Crippen molar-refractivity contribution in [1.29, 1.82) is 0 Å². The van der Waals surface area contributed by atoms with E-state index in [1.54, 1.807) is 0 Å². The second kappa shape index (κ2) is 3.15. The molecule has 0 atom stereocenters. The number of aromatic nitrogens is 2. The zero-order valence-electron chi connectivity index (χ0n) is 6.88. The molecule has 1 aromatic rings. The normalized spacial score (nSPS) is 19.7. The highest BCUT2D eigenvalue weighted by Gasteiger charge is 2.17. The highest BCUT2D eigenvalue weighted by atomic mass is 16.3. The Morgan fingerprint density at radius 2 is 2.17 bits per heavy atom. The molecule has 2 rings (SSSR count). The summed E-state index contributed by atoms with van der Waals surface area (Å²) >= 11 is 0. The fourth-order valence-corrected chi connectivity index (χ4v) is 1.63. The second-order valence-electron chi connectivity index (χ2n) is 3.18. The Balaban J connectivity index is 2.08. The first-order chi connectivity index (χ1) is 5.86. The average molecular weight is 167 g/mol. The van der Waals surface area contributed by atoms with Gasteiger partial charge in [0.25, 0.3) is 0 Å². The lowest BCUT2D eigenvalue weighted by molar-refractivity contribution is 0.433. The summed E-state index contributed by atoms with van der Waals surface area (Å²) in [7, 11) is 0. The van der Waals surface area contributed by atoms with E-state index in [0.29, 0.717) is 5.92 Å². The van der Waals surface area contributed by atoms with Gasteiger partial charge < -0.3 is 15.4 Å². The van der Waals surface area contributed by atoms with Crippen molar-refractivity contribution < 1.29 is 5.11 Å². The summed E-state index contributed by atoms with van der Waals surface area (Å²) < 4.78 is 0. The molecular weight excluding hydrogens is 154 g/mol. The number of aromatic hydroxyl groups is 1. The molecule has 0 spiro atoms. The lowest BCUT2D eigenvalue weighted by Gasteiger charge is -2.20. The maximum Gasteiger partial charge on any atom is 0.208 e. The van der Waals surface area contributed by atoms with Crippen molar-refractivity contribution in [2.24, 2.45) is 0 Å². The summed E-state index contributed by atoms with van der Waals surface area (Å²) in [6.07, 6.45) is 3.68. The molecule has 66 valence electrons. The van der Waals surface area contributed by atoms with Crippen molar-refractivity contribution in [1.82, 2.24) is 15.3 Å². The van der Waals surface area contributed by atoms with Crippen molar-refractivity contribution in [2.45, 2.75) is 18.8 Å². The fourth-order valence-electron chi connectivity index (χ4n) is 1.63. The second-order valence-corrected chi connectivity index (χ2v) is 3.18. The quantitative estimate of drug-likeness (QED) is 0.573. The first kappa shape index (κ1) is 7.61. The van der Waals surface area contributed by atoms with Crippen LogP contribution in [0, 0.1) is 0 Å². The van der Waals surface area contributed by atoms with Crippen LogP contribution >= 0.6 is 0 Å². The molecule has 1 aliphatic rings. The fraction of sp³-hybridized carbons (Fsp3) is 0.625. The largest absolute Gasteiger partial charge is 0.493 e. The van der Waals surface area contributed by atoms with Gasteiger partial charge in [0.2, 0.25) is 5.88 Å². The third kappa shape index (κ3) is 1.43. The van der Waals surface area contributed by atoms with Crippen molar-refractivity contribution in [3.05, 3.63) is 12.0 Å². The molecule has 4 heteroatoms. The van der Waals surface area contributed by atoms with Gasteiger partial charge in [0.1, 0.15) is 5.82 Å². The highest BCUT2D eigenvalue weighted by Crippen LogP contribution is 2.23. The Hall–Kier alpha value is -1.03. The molecule has 0 aromatic carbocycles. The Morgan fingerprint density at radius 1 is 1.42 bits per heavy atom. The van der Waals surface area contributed by atoms with E-state index in [1.165, 1.54) is 6.20 Å². The first-order valence-electron chi connectivity index (χ1n) is 4.31. The number of imidazole rings is 1. The van der Waals surface area contributed by atoms with Crippen molar-refractivity contribution >= 4 is 0 Å². The predicted molar refractivity (Wildman–Crippen MR) is 45.1 cm³/mol. The van der Waals surface area contributed by atoms with Gasteiger partial charge in [-0.25, -0.2) is 4.98 Å². The van der Waals surface area contributed by atoms with Crippen molar-refractivity contribution in [3.63, 3.8) is 0 Å². The zero-order chi connectivity index (χ0) is 8.39. The topological polar surface area (TPSA) is 60.9 Å². The van der Waals surface area contributed by atoms with E-state index in [1.807, 2.05) is 0 Å². The molecule has 2 heterocycles. The lowest BCUT2D eigenvalue weighted by Crippen LogP contribution is -2.27. The number of hydrogen-bond donors (Lipinski definition) is 3. The van der Waals surface area contributed by atoms with E-state index in [9.17, 15) is 0 Å². The minimum atomic E-state index is 0.170. The van der Waals surface area contributed by atoms with E-state index in [0.717, 1.165) is 31.8 Å². The van der Waals surface area contributed by atoms with Crippen LogP contribution < -0.4 is 5.32 Å². The summed E-state index contributed by atoms with van der Waals surface area (Å²) in [5, 5.41) is 12.3. The molecule has 3 N–H and O–H groups in total. The van der Waals surface area contributed by atoms with Crippen LogP contribution in [0.5, 0.6) is 5.88 Å². The Kier molecular flexibility index (Phi) is 1.99. The van der Waals surface area contributed by atoms with Crippen LogP contribution in [-0.2, 0) is 0 Å². The maximum atomic E-state index is 9.05. The molecular formula is C8H13N3O. The molecule has 0 aliphatic carbocycles. The SMILES string of the molecule is Oc1cnc(C2CCNCC2)[nH]1. The molecule has 0 amide bonds. The molecule has 1 aromatic heterocycles. The minimum absolute atomic E-state index is 0.170. The molecule has 1 fully saturated rings. The minimum Gasteiger partial charge on any atom is -0.493 e. The molecule has 12 heavy (non-hydrogen) atoms. The van der Waals surface area contributed by atoms with Gasteiger partial charge in [0.05, 0.1) is 6.20 Å². The smallest absolute Gasteiger partial charge is 0.208 e. The number of aromatic amines is 1. The molecule has 0 unspecified atom stereocenters. The van der Waals surface area contributed by atoms with Gasteiger partial charge in [-0.05, 0) is 25.9 Å². The molecule has 1 saturated heterocycles. The monoisotopic (exact) mass is 167 g/mol. The van der Waals surface area contributed by atoms with Gasteiger partial charge in [-0.2, -0.15) is 0 Å². The Morgan fingerprint density at radius 3 is 2.75 bits per heavy atom. The van der Waals surface area contributed by atoms with Crippen LogP contribution in [0.3, 0.4) is 0 Å². The summed E-state index contributed by atoms with van der Waals surface area (Å²) in [6.45, 7) is 2.10. The van der Waals surface area contributed by atoms with Crippen LogP contribution in [0.15, 0.2) is 6.20 Å². The molecule has 4 nitrogen and oxygen atoms in total. The zero-order valence-corrected chi connectivity index (χ0v) is 6.88. The third-order valence-corrected chi connectivity index (χ3v) is 2.31. The lowest BCUT2D eigenvalue weighted by atomic mass is 9.98. The van der Waals surface area contributed by atoms with E-state index < -0.39 is 0 Å². The van der Waals surface area contributed by atoms with Crippen LogP contribution in [-0.4, -0.2) is 28.2 Å². The number of piperidine rings is 1. The van der Waals surface area contributed by atoms with Crippen LogP contribution in [0.2, 0.25) is 0 Å². The van der Waals surface area contributed by atoms with Gasteiger partial charge in [-0.1, -0.05) is 0 Å². The Labute approximate surface area is 71.0 Å². The van der Waals surface area contributed by atoms with E-state index in [2.05, 4.69) is 15.3 Å². The van der Waals surface area contributed by atoms with E-state index in [-0.39, 0.29) is 5.88 Å². The molecule has 1 aliphatic heterocycles. The highest BCUT2D eigenvalue weighted by molar-refractivity contribution is 5.09. The van der Waals surface area contributed by atoms with Crippen LogP contribution in [0.4, 0.5) is 0 Å². The molecule has 0 radical (unpaired) electrons. The summed E-state index contributed by atoms with van der Waals surface area (Å²) in [6, 6.07) is 0. The standard InChI is InChI=1S/C8H13N3O/c12-7-5-10-8(11-7)6-1-3-9-4-2-6/h5-6,9,12H,1-4H2,(H,10,11). The number of rotatable bonds is 1. The molecule has 0 saturated carbocycles. The molecule has 0 bridgehead atoms. The number of nitrogens with one attached hydrogen (secondary N) is 2. The van der Waals surface area contributed by atoms with Gasteiger partial charge >= 0.3 is 0 Å². The van der Waals surface area contributed by atoms with Gasteiger partial charge in [0, 0.05) is 5.92 Å². The average Bonchev–Trinajstić information content (AvgIpc) is 2.54. The number of nitrogens with zero attached hydrogens (tertiary/aromatic N) is 1. The number of H-pyrrole nitrogens is 1. The third-order valence-electron chi connectivity index (χ3n) is 2.31. The predicted octanol–water partition coefficient (Wildman–Crippen LogP) is 0.582. The van der Waals surface area contributed by atoms with Gasteiger partial charge in [-0.15, -0.1) is 0 Å². The van der Waals surface area contributed by atoms with Crippen molar-refractivity contribution in [2.75, 3.05) is 13.1 Å². The van der Waals surface area contributed by atoms with Crippen LogP contribution in [0.1, 0.15) is 24.6 Å². The maximum absolute atomic E-state index is 9.05. The summed E-state index contributed by atoms with van der Waals surface area (Å²) in [5.74, 6) is 1.59. The van der Waals surface area contributed by atoms with Gasteiger partial charge in [-0.3, -0.25) is 0 Å². The van der Waals surface area contributed by atoms with Crippen molar-refractivity contribution in [3.8, 4) is 5.88 Å². The first-order valence-corrected chi connectivity index (χ1v) is 4.31. The van der Waals surface area contributed by atoms with E-state index in [4.69, 9.17) is 5.11 Å². The summed E-state index contributed by atoms with van der Waals surface area (Å²) in [5.41, 5.74) is 0. The van der Waals surface area contributed by atoms with Gasteiger partial charge in [0.15, 0.2) is 0 Å². The number of hydrogen-bond acceptors (Lipinski definition) is 3.